The summed E-state index contributed by atoms with van der Waals surface area (Å²) in [5, 5.41) is 76.5. The SMILES string of the molecule is C/C=C(\NC(=O)[C@@H](O)[C@@H](C)CC)C(=O)N[C@@H](CC(C)C)C(=O)N[C@H](CCCN)C(=O)N[C@H](C(=O)N[C@H](C(=O)N[C@H](C(=O)N[C@H](CCCCN)C(=O)N[C@H](C(=O)N[C@H](CC(C)C)C(=O)N[C@@H](CCCCN)C(=O)N[C@H](Cc1ccc(O)cc1)C(=O)N[C@@H](CC(C)C)C(=O)N[C@H](CO)C(C)C)C(C)C)C(C)C)C(C)C)[C@H](C)O. The average molecular weight is 1570 g/mol. The maximum atomic E-state index is 14.7. The fourth-order valence-corrected chi connectivity index (χ4v) is 11.8. The van der Waals surface area contributed by atoms with Crippen LogP contribution in [0.15, 0.2) is 36.0 Å². The topological polar surface area (TPSA) is 537 Å². The first-order valence-corrected chi connectivity index (χ1v) is 39.5. The first-order valence-electron chi connectivity index (χ1n) is 39.5. The maximum absolute atomic E-state index is 14.7. The molecular weight excluding hydrogens is 1430 g/mol. The van der Waals surface area contributed by atoms with Crippen LogP contribution in [0, 0.1) is 47.3 Å². The van der Waals surface area contributed by atoms with Crippen molar-refractivity contribution in [2.24, 2.45) is 64.5 Å². The summed E-state index contributed by atoms with van der Waals surface area (Å²) < 4.78 is 0. The monoisotopic (exact) mass is 1570 g/mol. The fraction of sp³-hybridized carbons (Fsp3) is 0.731. The Bertz CT molecular complexity index is 3150. The number of unbranched alkanes of at least 4 members (excludes halogenated alkanes) is 2. The lowest BCUT2D eigenvalue weighted by molar-refractivity contribution is -0.138. The van der Waals surface area contributed by atoms with Gasteiger partial charge in [0, 0.05) is 6.42 Å². The van der Waals surface area contributed by atoms with Gasteiger partial charge in [0.05, 0.1) is 18.8 Å². The summed E-state index contributed by atoms with van der Waals surface area (Å²) in [6.45, 7) is 30.7. The number of carbonyl (C=O) groups is 13. The highest BCUT2D eigenvalue weighted by Gasteiger charge is 2.40. The average Bonchev–Trinajstić information content (AvgIpc) is 0.848. The highest BCUT2D eigenvalue weighted by Crippen LogP contribution is 2.18. The summed E-state index contributed by atoms with van der Waals surface area (Å²) in [7, 11) is 0. The Balaban J connectivity index is 3.62. The van der Waals surface area contributed by atoms with Crippen LogP contribution in [0.4, 0.5) is 0 Å². The second-order valence-electron chi connectivity index (χ2n) is 31.6. The minimum atomic E-state index is -1.74. The molecule has 0 saturated heterocycles. The second kappa shape index (κ2) is 52.0. The van der Waals surface area contributed by atoms with Crippen molar-refractivity contribution in [2.75, 3.05) is 26.2 Å². The molecule has 23 N–H and O–H groups in total. The Morgan fingerprint density at radius 1 is 0.387 bits per heavy atom. The van der Waals surface area contributed by atoms with Crippen LogP contribution in [0.25, 0.3) is 0 Å². The zero-order chi connectivity index (χ0) is 84.7. The van der Waals surface area contributed by atoms with Crippen LogP contribution in [0.5, 0.6) is 5.75 Å². The number of carbonyl (C=O) groups excluding carboxylic acids is 13. The number of aromatic hydroxyl groups is 1. The van der Waals surface area contributed by atoms with Crippen LogP contribution >= 0.6 is 0 Å². The van der Waals surface area contributed by atoms with E-state index in [4.69, 9.17) is 17.2 Å². The van der Waals surface area contributed by atoms with Crippen molar-refractivity contribution in [3.63, 3.8) is 0 Å². The van der Waals surface area contributed by atoms with Crippen molar-refractivity contribution >= 4 is 76.8 Å². The number of aliphatic hydroxyl groups excluding tert-OH is 3. The molecule has 1 aromatic carbocycles. The Kier molecular flexibility index (Phi) is 47.2. The van der Waals surface area contributed by atoms with Crippen molar-refractivity contribution < 1.29 is 82.8 Å². The third-order valence-electron chi connectivity index (χ3n) is 18.9. The first kappa shape index (κ1) is 101. The van der Waals surface area contributed by atoms with Gasteiger partial charge in [-0.1, -0.05) is 135 Å². The van der Waals surface area contributed by atoms with E-state index in [-0.39, 0.29) is 113 Å². The van der Waals surface area contributed by atoms with Gasteiger partial charge in [0.2, 0.25) is 65.0 Å². The molecule has 0 unspecified atom stereocenters. The molecule has 33 nitrogen and oxygen atoms in total. The zero-order valence-corrected chi connectivity index (χ0v) is 68.9. The molecule has 1 aromatic rings. The van der Waals surface area contributed by atoms with Gasteiger partial charge in [0.25, 0.3) is 11.8 Å². The fourth-order valence-electron chi connectivity index (χ4n) is 11.8. The van der Waals surface area contributed by atoms with E-state index in [1.807, 2.05) is 41.5 Å². The Morgan fingerprint density at radius 3 is 1.09 bits per heavy atom. The van der Waals surface area contributed by atoms with Crippen LogP contribution in [0.3, 0.4) is 0 Å². The summed E-state index contributed by atoms with van der Waals surface area (Å²) in [5.41, 5.74) is 17.9. The van der Waals surface area contributed by atoms with E-state index in [2.05, 4.69) is 69.1 Å². The predicted molar refractivity (Wildman–Crippen MR) is 423 cm³/mol. The standard InChI is InChI=1S/C78H138N16O17/c1-19-48(17)65(98)78(111)82-52(20-2)66(99)86-56(36-41(3)4)70(103)84-55(28-25-35-81)69(102)94-64(49(18)96)77(110)93-63(47(15)16)76(109)92-62(46(13)14)74(107)85-54(27-22-24-34-80)68(101)91-61(45(11)12)75(108)89-58(38-43(7)8)71(104)83-53(26-21-23-33-79)67(100)88-59(39-50-29-31-51(97)32-30-50)73(106)87-57(37-42(5)6)72(105)90-60(40-95)44(9)10/h20,29-32,41-49,53-65,95-98H,19,21-28,33-40,79-81H2,1-18H3,(H,82,111)(H,83,104)(H,84,103)(H,85,107)(H,86,99)(H,87,106)(H,88,100)(H,89,108)(H,90,105)(H,91,101)(H,92,109)(H,93,110)(H,94,102)/b52-20-/t48-,49-,53-,54+,55+,56-,57-,58+,59+,60+,61-,62-,63-,64-,65-/m0/s1. The number of phenols is 1. The van der Waals surface area contributed by atoms with Gasteiger partial charge in [-0.2, -0.15) is 0 Å². The number of amides is 13. The highest BCUT2D eigenvalue weighted by atomic mass is 16.3. The predicted octanol–water partition coefficient (Wildman–Crippen LogP) is 0.312. The van der Waals surface area contributed by atoms with E-state index in [1.54, 1.807) is 81.4 Å². The van der Waals surface area contributed by atoms with Crippen molar-refractivity contribution in [1.82, 2.24) is 69.1 Å². The van der Waals surface area contributed by atoms with Gasteiger partial charge in [-0.05, 0) is 169 Å². The molecular formula is C78H138N16O17. The summed E-state index contributed by atoms with van der Waals surface area (Å²) in [5.74, 6) is -13.7. The van der Waals surface area contributed by atoms with Crippen molar-refractivity contribution in [1.29, 1.82) is 0 Å². The molecule has 0 aliphatic carbocycles. The molecule has 0 saturated carbocycles. The van der Waals surface area contributed by atoms with Gasteiger partial charge in [-0.15, -0.1) is 0 Å². The number of hydrogen-bond acceptors (Lipinski definition) is 20. The Labute approximate surface area is 656 Å². The molecule has 632 valence electrons. The lowest BCUT2D eigenvalue weighted by atomic mass is 9.97. The molecule has 111 heavy (non-hydrogen) atoms. The Hall–Kier alpha value is -8.37. The molecule has 0 aliphatic heterocycles. The summed E-state index contributed by atoms with van der Waals surface area (Å²) in [4.78, 5) is 185. The van der Waals surface area contributed by atoms with E-state index in [1.165, 1.54) is 32.1 Å². The molecule has 1 rings (SSSR count). The normalized spacial score (nSPS) is 15.9. The molecule has 15 atom stereocenters. The third-order valence-corrected chi connectivity index (χ3v) is 18.9. The van der Waals surface area contributed by atoms with Gasteiger partial charge in [0.15, 0.2) is 0 Å². The van der Waals surface area contributed by atoms with Crippen LogP contribution in [0.1, 0.15) is 207 Å². The number of aliphatic hydroxyl groups is 3. The smallest absolute Gasteiger partial charge is 0.268 e. The van der Waals surface area contributed by atoms with Crippen LogP contribution in [-0.2, 0) is 68.7 Å². The lowest BCUT2D eigenvalue weighted by Crippen LogP contribution is -2.63. The third kappa shape index (κ3) is 36.8. The van der Waals surface area contributed by atoms with Gasteiger partial charge in [-0.25, -0.2) is 0 Å². The number of nitrogens with one attached hydrogen (secondary N) is 13. The van der Waals surface area contributed by atoms with E-state index in [0.717, 1.165) is 0 Å². The summed E-state index contributed by atoms with van der Waals surface area (Å²) in [6, 6.07) is -9.53. The molecule has 0 spiro atoms. The quantitative estimate of drug-likeness (QED) is 0.0308. The molecule has 33 heteroatoms. The van der Waals surface area contributed by atoms with Gasteiger partial charge >= 0.3 is 0 Å². The number of benzene rings is 1. The number of rotatable bonds is 53. The zero-order valence-electron chi connectivity index (χ0n) is 68.9. The molecule has 0 bridgehead atoms. The minimum Gasteiger partial charge on any atom is -0.508 e. The van der Waals surface area contributed by atoms with Crippen LogP contribution < -0.4 is 86.3 Å². The first-order chi connectivity index (χ1) is 52.0. The number of phenolic OH excluding ortho intramolecular Hbond substituents is 1. The number of nitrogens with two attached hydrogens (primary N) is 3. The minimum absolute atomic E-state index is 0.00701. The molecule has 0 aliphatic rings. The highest BCUT2D eigenvalue weighted by molar-refractivity contribution is 6.02. The number of allylic oxidation sites excluding steroid dienone is 1. The van der Waals surface area contributed by atoms with E-state index in [0.29, 0.717) is 37.7 Å². The number of hydrogen-bond donors (Lipinski definition) is 20. The summed E-state index contributed by atoms with van der Waals surface area (Å²) >= 11 is 0. The van der Waals surface area contributed by atoms with Gasteiger partial charge < -0.3 is 107 Å². The second-order valence-corrected chi connectivity index (χ2v) is 31.6. The van der Waals surface area contributed by atoms with Crippen LogP contribution in [-0.4, -0.2) is 208 Å². The molecule has 13 amide bonds. The largest absolute Gasteiger partial charge is 0.508 e. The molecule has 0 radical (unpaired) electrons. The van der Waals surface area contributed by atoms with Crippen LogP contribution in [0.2, 0.25) is 0 Å². The molecule has 0 aromatic heterocycles. The van der Waals surface area contributed by atoms with Gasteiger partial charge in [-0.3, -0.25) is 62.3 Å². The van der Waals surface area contributed by atoms with Gasteiger partial charge in [0.1, 0.15) is 84.0 Å². The van der Waals surface area contributed by atoms with Crippen molar-refractivity contribution in [3.8, 4) is 5.75 Å². The Morgan fingerprint density at radius 2 is 0.712 bits per heavy atom. The summed E-state index contributed by atoms with van der Waals surface area (Å²) in [6.07, 6.45) is 0.657. The lowest BCUT2D eigenvalue weighted by Gasteiger charge is -2.31. The maximum Gasteiger partial charge on any atom is 0.268 e. The molecule has 0 heterocycles. The van der Waals surface area contributed by atoms with E-state index < -0.39 is 185 Å². The van der Waals surface area contributed by atoms with E-state index >= 15 is 0 Å². The van der Waals surface area contributed by atoms with Crippen molar-refractivity contribution in [2.45, 2.75) is 293 Å². The van der Waals surface area contributed by atoms with E-state index in [9.17, 15) is 82.8 Å². The van der Waals surface area contributed by atoms with Crippen molar-refractivity contribution in [3.05, 3.63) is 41.6 Å². The molecule has 0 fully saturated rings.